The van der Waals surface area contributed by atoms with Gasteiger partial charge >= 0.3 is 0 Å². The number of nitrogens with two attached hydrogens (primary N) is 1. The van der Waals surface area contributed by atoms with Gasteiger partial charge in [-0.1, -0.05) is 19.3 Å². The summed E-state index contributed by atoms with van der Waals surface area (Å²) in [5.74, 6) is 0.127. The molecule has 0 radical (unpaired) electrons. The maximum atomic E-state index is 8.66. The maximum Gasteiger partial charge on any atom is 0.0672 e. The van der Waals surface area contributed by atoms with Crippen molar-refractivity contribution in [3.8, 4) is 6.07 Å². The second kappa shape index (κ2) is 3.58. The van der Waals surface area contributed by atoms with Crippen molar-refractivity contribution in [2.75, 3.05) is 0 Å². The van der Waals surface area contributed by atoms with Crippen LogP contribution in [-0.2, 0) is 0 Å². The number of nitriles is 1. The van der Waals surface area contributed by atoms with E-state index >= 15 is 0 Å². The lowest BCUT2D eigenvalue weighted by atomic mass is 9.98. The standard InChI is InChI=1S/C8H14N2/c9-6-7-4-2-1-3-5-8(7)10/h7-8H,1-5,10H2/t7-,8+/m1/s1. The van der Waals surface area contributed by atoms with Gasteiger partial charge in [0.25, 0.3) is 0 Å². The second-order valence-electron chi connectivity index (χ2n) is 3.04. The molecule has 0 amide bonds. The first-order chi connectivity index (χ1) is 4.84. The minimum absolute atomic E-state index is 0.127. The van der Waals surface area contributed by atoms with Crippen LogP contribution in [-0.4, -0.2) is 6.04 Å². The van der Waals surface area contributed by atoms with Gasteiger partial charge in [-0.15, -0.1) is 0 Å². The van der Waals surface area contributed by atoms with Crippen molar-refractivity contribution in [3.63, 3.8) is 0 Å². The summed E-state index contributed by atoms with van der Waals surface area (Å²) in [4.78, 5) is 0. The quantitative estimate of drug-likeness (QED) is 0.514. The van der Waals surface area contributed by atoms with Crippen LogP contribution in [0.5, 0.6) is 0 Å². The fourth-order valence-electron chi connectivity index (χ4n) is 1.50. The molecular formula is C8H14N2. The van der Waals surface area contributed by atoms with Crippen molar-refractivity contribution in [3.05, 3.63) is 0 Å². The Morgan fingerprint density at radius 1 is 1.20 bits per heavy atom. The van der Waals surface area contributed by atoms with E-state index in [-0.39, 0.29) is 12.0 Å². The number of hydrogen-bond donors (Lipinski definition) is 1. The molecule has 1 fully saturated rings. The minimum atomic E-state index is 0.127. The summed E-state index contributed by atoms with van der Waals surface area (Å²) in [5.41, 5.74) is 5.77. The largest absolute Gasteiger partial charge is 0.327 e. The number of hydrogen-bond acceptors (Lipinski definition) is 2. The average Bonchev–Trinajstić information content (AvgIpc) is 2.13. The molecule has 56 valence electrons. The van der Waals surface area contributed by atoms with Crippen LogP contribution >= 0.6 is 0 Å². The lowest BCUT2D eigenvalue weighted by Crippen LogP contribution is -2.27. The topological polar surface area (TPSA) is 49.8 Å². The number of rotatable bonds is 0. The highest BCUT2D eigenvalue weighted by atomic mass is 14.6. The Morgan fingerprint density at radius 3 is 2.60 bits per heavy atom. The molecule has 2 atom stereocenters. The van der Waals surface area contributed by atoms with Crippen molar-refractivity contribution in [1.29, 1.82) is 5.26 Å². The van der Waals surface area contributed by atoms with Gasteiger partial charge in [-0.2, -0.15) is 5.26 Å². The van der Waals surface area contributed by atoms with Gasteiger partial charge in [-0.3, -0.25) is 0 Å². The second-order valence-corrected chi connectivity index (χ2v) is 3.04. The van der Waals surface area contributed by atoms with Crippen LogP contribution in [0.15, 0.2) is 0 Å². The summed E-state index contributed by atoms with van der Waals surface area (Å²) < 4.78 is 0. The first-order valence-electron chi connectivity index (χ1n) is 4.00. The summed E-state index contributed by atoms with van der Waals surface area (Å²) in [6, 6.07) is 2.41. The summed E-state index contributed by atoms with van der Waals surface area (Å²) in [6.45, 7) is 0. The summed E-state index contributed by atoms with van der Waals surface area (Å²) in [7, 11) is 0. The van der Waals surface area contributed by atoms with E-state index in [0.717, 1.165) is 12.8 Å². The zero-order chi connectivity index (χ0) is 7.40. The van der Waals surface area contributed by atoms with Crippen molar-refractivity contribution in [1.82, 2.24) is 0 Å². The van der Waals surface area contributed by atoms with E-state index in [1.165, 1.54) is 19.3 Å². The number of nitrogens with zero attached hydrogens (tertiary/aromatic N) is 1. The van der Waals surface area contributed by atoms with Gasteiger partial charge in [0, 0.05) is 6.04 Å². The molecule has 2 nitrogen and oxygen atoms in total. The Balaban J connectivity index is 2.45. The lowest BCUT2D eigenvalue weighted by molar-refractivity contribution is 0.485. The molecule has 0 aromatic heterocycles. The van der Waals surface area contributed by atoms with E-state index in [2.05, 4.69) is 6.07 Å². The highest BCUT2D eigenvalue weighted by Gasteiger charge is 2.18. The Morgan fingerprint density at radius 2 is 1.90 bits per heavy atom. The normalized spacial score (nSPS) is 34.4. The van der Waals surface area contributed by atoms with Crippen molar-refractivity contribution in [2.45, 2.75) is 38.1 Å². The maximum absolute atomic E-state index is 8.66. The van der Waals surface area contributed by atoms with E-state index in [4.69, 9.17) is 11.0 Å². The highest BCUT2D eigenvalue weighted by molar-refractivity contribution is 4.91. The fraction of sp³-hybridized carbons (Fsp3) is 0.875. The SMILES string of the molecule is N#C[C@H]1CCCCC[C@@H]1N. The van der Waals surface area contributed by atoms with Gasteiger partial charge in [0.2, 0.25) is 0 Å². The predicted octanol–water partition coefficient (Wildman–Crippen LogP) is 1.42. The zero-order valence-electron chi connectivity index (χ0n) is 6.21. The molecule has 1 aliphatic carbocycles. The molecule has 0 aliphatic heterocycles. The third kappa shape index (κ3) is 1.71. The lowest BCUT2D eigenvalue weighted by Gasteiger charge is -2.11. The molecule has 10 heavy (non-hydrogen) atoms. The van der Waals surface area contributed by atoms with Crippen LogP contribution in [0.4, 0.5) is 0 Å². The van der Waals surface area contributed by atoms with Crippen molar-refractivity contribution < 1.29 is 0 Å². The van der Waals surface area contributed by atoms with E-state index in [0.29, 0.717) is 0 Å². The first kappa shape index (κ1) is 7.56. The van der Waals surface area contributed by atoms with Gasteiger partial charge in [0.05, 0.1) is 12.0 Å². The van der Waals surface area contributed by atoms with Crippen LogP contribution in [0.2, 0.25) is 0 Å². The molecule has 2 heteroatoms. The minimum Gasteiger partial charge on any atom is -0.327 e. The van der Waals surface area contributed by atoms with Crippen LogP contribution in [0.3, 0.4) is 0 Å². The van der Waals surface area contributed by atoms with Gasteiger partial charge in [-0.25, -0.2) is 0 Å². The molecule has 0 aromatic carbocycles. The fourth-order valence-corrected chi connectivity index (χ4v) is 1.50. The third-order valence-corrected chi connectivity index (χ3v) is 2.24. The average molecular weight is 138 g/mol. The predicted molar refractivity (Wildman–Crippen MR) is 40.2 cm³/mol. The Bertz CT molecular complexity index is 137. The summed E-state index contributed by atoms with van der Waals surface area (Å²) in [6.07, 6.45) is 5.70. The van der Waals surface area contributed by atoms with Crippen molar-refractivity contribution >= 4 is 0 Å². The van der Waals surface area contributed by atoms with Crippen LogP contribution < -0.4 is 5.73 Å². The summed E-state index contributed by atoms with van der Waals surface area (Å²) in [5, 5.41) is 8.66. The van der Waals surface area contributed by atoms with Gasteiger partial charge < -0.3 is 5.73 Å². The van der Waals surface area contributed by atoms with Gasteiger partial charge in [0.15, 0.2) is 0 Å². The molecule has 0 heterocycles. The van der Waals surface area contributed by atoms with E-state index in [1.807, 2.05) is 0 Å². The van der Waals surface area contributed by atoms with E-state index in [1.54, 1.807) is 0 Å². The Kier molecular flexibility index (Phi) is 2.70. The first-order valence-corrected chi connectivity index (χ1v) is 4.00. The third-order valence-electron chi connectivity index (χ3n) is 2.24. The van der Waals surface area contributed by atoms with Crippen LogP contribution in [0.1, 0.15) is 32.1 Å². The van der Waals surface area contributed by atoms with Crippen LogP contribution in [0.25, 0.3) is 0 Å². The van der Waals surface area contributed by atoms with Crippen LogP contribution in [0, 0.1) is 17.2 Å². The zero-order valence-corrected chi connectivity index (χ0v) is 6.21. The molecule has 1 saturated carbocycles. The Hall–Kier alpha value is -0.550. The monoisotopic (exact) mass is 138 g/mol. The molecule has 0 aromatic rings. The molecule has 1 rings (SSSR count). The molecule has 2 N–H and O–H groups in total. The molecule has 0 saturated heterocycles. The van der Waals surface area contributed by atoms with E-state index in [9.17, 15) is 0 Å². The van der Waals surface area contributed by atoms with Gasteiger partial charge in [-0.05, 0) is 12.8 Å². The van der Waals surface area contributed by atoms with Gasteiger partial charge in [0.1, 0.15) is 0 Å². The molecule has 0 unspecified atom stereocenters. The van der Waals surface area contributed by atoms with Crippen molar-refractivity contribution in [2.24, 2.45) is 11.7 Å². The smallest absolute Gasteiger partial charge is 0.0672 e. The van der Waals surface area contributed by atoms with E-state index < -0.39 is 0 Å². The Labute approximate surface area is 62.0 Å². The molecule has 1 aliphatic rings. The summed E-state index contributed by atoms with van der Waals surface area (Å²) >= 11 is 0. The molecule has 0 bridgehead atoms. The molecule has 0 spiro atoms. The molecular weight excluding hydrogens is 124 g/mol. The highest BCUT2D eigenvalue weighted by Crippen LogP contribution is 2.20.